The van der Waals surface area contributed by atoms with E-state index in [1.54, 1.807) is 16.7 Å². The third kappa shape index (κ3) is 4.84. The maximum atomic E-state index is 12.0. The lowest BCUT2D eigenvalue weighted by molar-refractivity contribution is 0.0166. The van der Waals surface area contributed by atoms with Crippen LogP contribution in [0, 0.1) is 0 Å². The second kappa shape index (κ2) is 8.54. The standard InChI is InChI=1S/C16H20N2O3S2/c19-15(13-11-23-16(18-13)14-5-2-9-22-14)17-6-3-7-20-10-12-4-1-8-21-12/h2,5,9,11-12H,1,3-4,6-8,10H2,(H,17,19). The molecule has 1 atom stereocenters. The van der Waals surface area contributed by atoms with Crippen LogP contribution in [-0.4, -0.2) is 43.4 Å². The molecule has 3 heterocycles. The fourth-order valence-corrected chi connectivity index (χ4v) is 3.96. The van der Waals surface area contributed by atoms with Crippen LogP contribution in [0.3, 0.4) is 0 Å². The Labute approximate surface area is 143 Å². The Kier molecular flexibility index (Phi) is 6.15. The van der Waals surface area contributed by atoms with E-state index in [-0.39, 0.29) is 12.0 Å². The Hall–Kier alpha value is -1.28. The van der Waals surface area contributed by atoms with Gasteiger partial charge in [0, 0.05) is 25.1 Å². The third-order valence-corrected chi connectivity index (χ3v) is 5.43. The maximum Gasteiger partial charge on any atom is 0.270 e. The summed E-state index contributed by atoms with van der Waals surface area (Å²) in [7, 11) is 0. The van der Waals surface area contributed by atoms with E-state index in [9.17, 15) is 4.79 Å². The smallest absolute Gasteiger partial charge is 0.270 e. The van der Waals surface area contributed by atoms with Crippen molar-refractivity contribution in [1.29, 1.82) is 0 Å². The van der Waals surface area contributed by atoms with Crippen molar-refractivity contribution in [3.8, 4) is 9.88 Å². The van der Waals surface area contributed by atoms with Gasteiger partial charge in [-0.25, -0.2) is 4.98 Å². The largest absolute Gasteiger partial charge is 0.379 e. The first-order chi connectivity index (χ1) is 11.3. The Morgan fingerprint density at radius 1 is 1.48 bits per heavy atom. The van der Waals surface area contributed by atoms with Crippen molar-refractivity contribution in [2.75, 3.05) is 26.4 Å². The predicted octanol–water partition coefficient (Wildman–Crippen LogP) is 3.19. The number of aromatic nitrogens is 1. The summed E-state index contributed by atoms with van der Waals surface area (Å²) in [6.45, 7) is 2.74. The van der Waals surface area contributed by atoms with Crippen LogP contribution in [0.15, 0.2) is 22.9 Å². The third-order valence-electron chi connectivity index (χ3n) is 3.55. The van der Waals surface area contributed by atoms with Crippen LogP contribution in [0.4, 0.5) is 0 Å². The van der Waals surface area contributed by atoms with Gasteiger partial charge >= 0.3 is 0 Å². The molecule has 2 aromatic heterocycles. The topological polar surface area (TPSA) is 60.5 Å². The molecule has 7 heteroatoms. The highest BCUT2D eigenvalue weighted by atomic mass is 32.1. The van der Waals surface area contributed by atoms with E-state index in [1.165, 1.54) is 11.3 Å². The quantitative estimate of drug-likeness (QED) is 0.741. The van der Waals surface area contributed by atoms with E-state index in [0.29, 0.717) is 25.5 Å². The Bertz CT molecular complexity index is 607. The minimum atomic E-state index is -0.122. The molecule has 0 saturated carbocycles. The van der Waals surface area contributed by atoms with Crippen LogP contribution >= 0.6 is 22.7 Å². The first kappa shape index (κ1) is 16.6. The van der Waals surface area contributed by atoms with Gasteiger partial charge in [0.05, 0.1) is 17.6 Å². The normalized spacial score (nSPS) is 17.5. The molecule has 1 aliphatic rings. The van der Waals surface area contributed by atoms with E-state index in [4.69, 9.17) is 9.47 Å². The average molecular weight is 352 g/mol. The molecule has 2 aromatic rings. The first-order valence-electron chi connectivity index (χ1n) is 7.80. The zero-order valence-corrected chi connectivity index (χ0v) is 14.5. The molecule has 23 heavy (non-hydrogen) atoms. The number of thiophene rings is 1. The minimum absolute atomic E-state index is 0.122. The summed E-state index contributed by atoms with van der Waals surface area (Å²) in [5, 5.41) is 7.59. The highest BCUT2D eigenvalue weighted by Crippen LogP contribution is 2.27. The molecule has 1 saturated heterocycles. The van der Waals surface area contributed by atoms with Crippen LogP contribution in [0.1, 0.15) is 29.8 Å². The number of nitrogens with zero attached hydrogens (tertiary/aromatic N) is 1. The Morgan fingerprint density at radius 3 is 3.22 bits per heavy atom. The number of carbonyl (C=O) groups excluding carboxylic acids is 1. The Balaban J connectivity index is 1.33. The van der Waals surface area contributed by atoms with Gasteiger partial charge in [0.2, 0.25) is 0 Å². The molecule has 1 fully saturated rings. The predicted molar refractivity (Wildman–Crippen MR) is 92.2 cm³/mol. The molecule has 1 aliphatic heterocycles. The number of thiazole rings is 1. The van der Waals surface area contributed by atoms with E-state index in [1.807, 2.05) is 17.5 Å². The number of hydrogen-bond acceptors (Lipinski definition) is 6. The molecule has 0 radical (unpaired) electrons. The fourth-order valence-electron chi connectivity index (χ4n) is 2.35. The van der Waals surface area contributed by atoms with Gasteiger partial charge in [-0.1, -0.05) is 6.07 Å². The molecule has 0 spiro atoms. The minimum Gasteiger partial charge on any atom is -0.379 e. The van der Waals surface area contributed by atoms with Crippen LogP contribution in [0.25, 0.3) is 9.88 Å². The summed E-state index contributed by atoms with van der Waals surface area (Å²) < 4.78 is 11.1. The van der Waals surface area contributed by atoms with Crippen molar-refractivity contribution in [2.45, 2.75) is 25.4 Å². The lowest BCUT2D eigenvalue weighted by atomic mass is 10.2. The molecule has 124 valence electrons. The molecular weight excluding hydrogens is 332 g/mol. The van der Waals surface area contributed by atoms with Crippen molar-refractivity contribution in [1.82, 2.24) is 10.3 Å². The molecule has 1 unspecified atom stereocenters. The van der Waals surface area contributed by atoms with Crippen molar-refractivity contribution >= 4 is 28.6 Å². The summed E-state index contributed by atoms with van der Waals surface area (Å²) in [4.78, 5) is 17.5. The molecule has 0 bridgehead atoms. The van der Waals surface area contributed by atoms with Crippen molar-refractivity contribution < 1.29 is 14.3 Å². The zero-order valence-electron chi connectivity index (χ0n) is 12.8. The molecule has 0 aliphatic carbocycles. The molecule has 3 rings (SSSR count). The van der Waals surface area contributed by atoms with Crippen molar-refractivity contribution in [2.24, 2.45) is 0 Å². The maximum absolute atomic E-state index is 12.0. The monoisotopic (exact) mass is 352 g/mol. The Morgan fingerprint density at radius 2 is 2.43 bits per heavy atom. The SMILES string of the molecule is O=C(NCCCOCC1CCCO1)c1csc(-c2cccs2)n1. The highest BCUT2D eigenvalue weighted by molar-refractivity contribution is 7.20. The van der Waals surface area contributed by atoms with Gasteiger partial charge in [-0.2, -0.15) is 0 Å². The lowest BCUT2D eigenvalue weighted by Crippen LogP contribution is -2.26. The average Bonchev–Trinajstić information content (AvgIpc) is 3.32. The molecule has 5 nitrogen and oxygen atoms in total. The second-order valence-corrected chi connectivity index (χ2v) is 7.14. The van der Waals surface area contributed by atoms with Gasteiger partial charge < -0.3 is 14.8 Å². The van der Waals surface area contributed by atoms with Crippen LogP contribution in [-0.2, 0) is 9.47 Å². The van der Waals surface area contributed by atoms with Crippen molar-refractivity contribution in [3.63, 3.8) is 0 Å². The van der Waals surface area contributed by atoms with E-state index < -0.39 is 0 Å². The van der Waals surface area contributed by atoms with Gasteiger partial charge in [0.1, 0.15) is 10.7 Å². The van der Waals surface area contributed by atoms with Gasteiger partial charge in [-0.05, 0) is 30.7 Å². The van der Waals surface area contributed by atoms with E-state index in [0.717, 1.165) is 35.8 Å². The zero-order chi connectivity index (χ0) is 15.9. The van der Waals surface area contributed by atoms with Crippen LogP contribution < -0.4 is 5.32 Å². The summed E-state index contributed by atoms with van der Waals surface area (Å²) in [6, 6.07) is 3.99. The van der Waals surface area contributed by atoms with Gasteiger partial charge in [0.15, 0.2) is 0 Å². The fraction of sp³-hybridized carbons (Fsp3) is 0.500. The van der Waals surface area contributed by atoms with E-state index in [2.05, 4.69) is 10.3 Å². The second-order valence-electron chi connectivity index (χ2n) is 5.33. The molecule has 1 amide bonds. The van der Waals surface area contributed by atoms with Gasteiger partial charge in [-0.15, -0.1) is 22.7 Å². The highest BCUT2D eigenvalue weighted by Gasteiger charge is 2.15. The number of nitrogens with one attached hydrogen (secondary N) is 1. The molecular formula is C16H20N2O3S2. The van der Waals surface area contributed by atoms with Gasteiger partial charge in [-0.3, -0.25) is 4.79 Å². The number of amides is 1. The summed E-state index contributed by atoms with van der Waals surface area (Å²) in [5.74, 6) is -0.122. The summed E-state index contributed by atoms with van der Waals surface area (Å²) in [5.41, 5.74) is 0.485. The van der Waals surface area contributed by atoms with Crippen LogP contribution in [0.2, 0.25) is 0 Å². The summed E-state index contributed by atoms with van der Waals surface area (Å²) in [6.07, 6.45) is 3.27. The van der Waals surface area contributed by atoms with Crippen molar-refractivity contribution in [3.05, 3.63) is 28.6 Å². The first-order valence-corrected chi connectivity index (χ1v) is 9.56. The number of hydrogen-bond donors (Lipinski definition) is 1. The molecule has 0 aromatic carbocycles. The van der Waals surface area contributed by atoms with Gasteiger partial charge in [0.25, 0.3) is 5.91 Å². The number of carbonyl (C=O) groups is 1. The lowest BCUT2D eigenvalue weighted by Gasteiger charge is -2.10. The molecule has 1 N–H and O–H groups in total. The van der Waals surface area contributed by atoms with E-state index >= 15 is 0 Å². The summed E-state index contributed by atoms with van der Waals surface area (Å²) >= 11 is 3.12. The van der Waals surface area contributed by atoms with Crippen LogP contribution in [0.5, 0.6) is 0 Å². The number of rotatable bonds is 8. The number of ether oxygens (including phenoxy) is 2.